The molecule has 1 atom stereocenters. The summed E-state index contributed by atoms with van der Waals surface area (Å²) in [5.74, 6) is -0.757. The molecule has 0 aromatic heterocycles. The Hall–Kier alpha value is -1.14. The first-order valence-electron chi connectivity index (χ1n) is 5.14. The van der Waals surface area contributed by atoms with E-state index in [2.05, 4.69) is 5.32 Å². The molecule has 0 aliphatic carbocycles. The van der Waals surface area contributed by atoms with Gasteiger partial charge in [0, 0.05) is 6.54 Å². The van der Waals surface area contributed by atoms with E-state index in [0.29, 0.717) is 6.54 Å². The molecule has 16 heavy (non-hydrogen) atoms. The van der Waals surface area contributed by atoms with Gasteiger partial charge in [0.2, 0.25) is 11.8 Å². The summed E-state index contributed by atoms with van der Waals surface area (Å²) in [6.07, 6.45) is 0. The van der Waals surface area contributed by atoms with E-state index in [4.69, 9.17) is 16.2 Å². The van der Waals surface area contributed by atoms with E-state index in [1.54, 1.807) is 0 Å². The first-order chi connectivity index (χ1) is 7.25. The Balaban J connectivity index is 3.70. The molecule has 0 saturated heterocycles. The Bertz CT molecular complexity index is 248. The van der Waals surface area contributed by atoms with Crippen LogP contribution >= 0.6 is 0 Å². The fraction of sp³-hybridized carbons (Fsp3) is 0.800. The number of rotatable bonds is 6. The first-order valence-corrected chi connectivity index (χ1v) is 5.14. The maximum atomic E-state index is 11.5. The van der Waals surface area contributed by atoms with Crippen molar-refractivity contribution in [2.45, 2.75) is 26.8 Å². The van der Waals surface area contributed by atoms with Gasteiger partial charge in [0.05, 0.1) is 12.6 Å². The number of amides is 2. The number of nitrogens with two attached hydrogens (primary N) is 2. The van der Waals surface area contributed by atoms with E-state index in [-0.39, 0.29) is 24.5 Å². The molecule has 0 fully saturated rings. The summed E-state index contributed by atoms with van der Waals surface area (Å²) in [4.78, 5) is 21.8. The zero-order chi connectivity index (χ0) is 12.8. The zero-order valence-corrected chi connectivity index (χ0v) is 10.1. The van der Waals surface area contributed by atoms with Gasteiger partial charge in [-0.25, -0.2) is 0 Å². The number of carbonyl (C=O) groups excluding carboxylic acids is 2. The van der Waals surface area contributed by atoms with Crippen LogP contribution in [0.25, 0.3) is 0 Å². The molecule has 2 amide bonds. The highest BCUT2D eigenvalue weighted by atomic mass is 16.5. The highest BCUT2D eigenvalue weighted by molar-refractivity contribution is 5.82. The van der Waals surface area contributed by atoms with Gasteiger partial charge < -0.3 is 21.5 Å². The normalized spacial score (nSPS) is 13.2. The maximum Gasteiger partial charge on any atom is 0.243 e. The molecule has 6 nitrogen and oxygen atoms in total. The third kappa shape index (κ3) is 6.36. The lowest BCUT2D eigenvalue weighted by Gasteiger charge is -2.25. The molecule has 0 bridgehead atoms. The SMILES string of the molecule is CC(C)(C)[C@H](N)C(=O)NCCOCC(N)=O. The van der Waals surface area contributed by atoms with Gasteiger partial charge in [0.1, 0.15) is 6.61 Å². The van der Waals surface area contributed by atoms with Crippen molar-refractivity contribution >= 4 is 11.8 Å². The second-order valence-electron chi connectivity index (χ2n) is 4.65. The van der Waals surface area contributed by atoms with Crippen LogP contribution in [0.3, 0.4) is 0 Å². The van der Waals surface area contributed by atoms with Crippen molar-refractivity contribution in [3.05, 3.63) is 0 Å². The summed E-state index contributed by atoms with van der Waals surface area (Å²) < 4.78 is 4.88. The Morgan fingerprint density at radius 2 is 1.94 bits per heavy atom. The predicted octanol–water partition coefficient (Wildman–Crippen LogP) is -1.02. The van der Waals surface area contributed by atoms with Gasteiger partial charge >= 0.3 is 0 Å². The number of nitrogens with one attached hydrogen (secondary N) is 1. The molecule has 5 N–H and O–H groups in total. The zero-order valence-electron chi connectivity index (χ0n) is 10.1. The van der Waals surface area contributed by atoms with Crippen LogP contribution in [-0.2, 0) is 14.3 Å². The minimum Gasteiger partial charge on any atom is -0.370 e. The Kier molecular flexibility index (Phi) is 5.98. The molecule has 6 heteroatoms. The van der Waals surface area contributed by atoms with Gasteiger partial charge in [0.25, 0.3) is 0 Å². The van der Waals surface area contributed by atoms with Gasteiger partial charge in [-0.2, -0.15) is 0 Å². The highest BCUT2D eigenvalue weighted by Gasteiger charge is 2.26. The summed E-state index contributed by atoms with van der Waals surface area (Å²) >= 11 is 0. The minimum absolute atomic E-state index is 0.138. The number of hydrogen-bond donors (Lipinski definition) is 3. The molecule has 0 radical (unpaired) electrons. The average Bonchev–Trinajstić information content (AvgIpc) is 2.13. The van der Waals surface area contributed by atoms with E-state index in [9.17, 15) is 9.59 Å². The van der Waals surface area contributed by atoms with Crippen LogP contribution in [0.15, 0.2) is 0 Å². The van der Waals surface area contributed by atoms with Gasteiger partial charge in [-0.1, -0.05) is 20.8 Å². The van der Waals surface area contributed by atoms with Crippen LogP contribution in [0.2, 0.25) is 0 Å². The van der Waals surface area contributed by atoms with Crippen LogP contribution in [0.4, 0.5) is 0 Å². The monoisotopic (exact) mass is 231 g/mol. The van der Waals surface area contributed by atoms with Crippen molar-refractivity contribution < 1.29 is 14.3 Å². The standard InChI is InChI=1S/C10H21N3O3/c1-10(2,3)8(12)9(15)13-4-5-16-6-7(11)14/h8H,4-6,12H2,1-3H3,(H2,11,14)(H,13,15)/t8-/m1/s1. The van der Waals surface area contributed by atoms with E-state index in [0.717, 1.165) is 0 Å². The molecular formula is C10H21N3O3. The van der Waals surface area contributed by atoms with Crippen molar-refractivity contribution in [3.8, 4) is 0 Å². The van der Waals surface area contributed by atoms with Crippen molar-refractivity contribution in [3.63, 3.8) is 0 Å². The summed E-state index contributed by atoms with van der Waals surface area (Å²) in [7, 11) is 0. The van der Waals surface area contributed by atoms with Crippen LogP contribution in [0.1, 0.15) is 20.8 Å². The number of ether oxygens (including phenoxy) is 1. The Morgan fingerprint density at radius 3 is 2.38 bits per heavy atom. The van der Waals surface area contributed by atoms with E-state index in [1.807, 2.05) is 20.8 Å². The summed E-state index contributed by atoms with van der Waals surface area (Å²) in [6.45, 7) is 6.09. The summed E-state index contributed by atoms with van der Waals surface area (Å²) in [6, 6.07) is -0.566. The van der Waals surface area contributed by atoms with Crippen molar-refractivity contribution in [1.82, 2.24) is 5.32 Å². The largest absolute Gasteiger partial charge is 0.370 e. The smallest absolute Gasteiger partial charge is 0.243 e. The molecule has 0 aromatic rings. The predicted molar refractivity (Wildman–Crippen MR) is 60.5 cm³/mol. The second kappa shape index (κ2) is 6.44. The number of primary amides is 1. The van der Waals surface area contributed by atoms with Gasteiger partial charge in [-0.15, -0.1) is 0 Å². The lowest BCUT2D eigenvalue weighted by atomic mass is 9.87. The second-order valence-corrected chi connectivity index (χ2v) is 4.65. The van der Waals surface area contributed by atoms with Crippen LogP contribution in [-0.4, -0.2) is 37.6 Å². The quantitative estimate of drug-likeness (QED) is 0.508. The highest BCUT2D eigenvalue weighted by Crippen LogP contribution is 2.16. The van der Waals surface area contributed by atoms with Gasteiger partial charge in [-0.05, 0) is 5.41 Å². The van der Waals surface area contributed by atoms with E-state index >= 15 is 0 Å². The van der Waals surface area contributed by atoms with E-state index in [1.165, 1.54) is 0 Å². The lowest BCUT2D eigenvalue weighted by molar-refractivity contribution is -0.124. The average molecular weight is 231 g/mol. The third-order valence-corrected chi connectivity index (χ3v) is 2.01. The number of hydrogen-bond acceptors (Lipinski definition) is 4. The van der Waals surface area contributed by atoms with Gasteiger partial charge in [0.15, 0.2) is 0 Å². The van der Waals surface area contributed by atoms with E-state index < -0.39 is 11.9 Å². The van der Waals surface area contributed by atoms with Gasteiger partial charge in [-0.3, -0.25) is 9.59 Å². The first kappa shape index (κ1) is 14.9. The minimum atomic E-state index is -0.566. The lowest BCUT2D eigenvalue weighted by Crippen LogP contribution is -2.49. The molecule has 0 aliphatic heterocycles. The summed E-state index contributed by atoms with van der Waals surface area (Å²) in [5.41, 5.74) is 10.3. The third-order valence-electron chi connectivity index (χ3n) is 2.01. The van der Waals surface area contributed by atoms with Crippen LogP contribution in [0.5, 0.6) is 0 Å². The molecule has 0 unspecified atom stereocenters. The Labute approximate surface area is 95.7 Å². The fourth-order valence-corrected chi connectivity index (χ4v) is 0.922. The summed E-state index contributed by atoms with van der Waals surface area (Å²) in [5, 5.41) is 2.62. The van der Waals surface area contributed by atoms with Crippen molar-refractivity contribution in [2.24, 2.45) is 16.9 Å². The topological polar surface area (TPSA) is 107 Å². The molecular weight excluding hydrogens is 210 g/mol. The van der Waals surface area contributed by atoms with Crippen molar-refractivity contribution in [2.75, 3.05) is 19.8 Å². The molecule has 0 aliphatic rings. The molecule has 0 spiro atoms. The molecule has 0 saturated carbocycles. The maximum absolute atomic E-state index is 11.5. The molecule has 94 valence electrons. The number of carbonyl (C=O) groups is 2. The van der Waals surface area contributed by atoms with Crippen molar-refractivity contribution in [1.29, 1.82) is 0 Å². The fourth-order valence-electron chi connectivity index (χ4n) is 0.922. The van der Waals surface area contributed by atoms with Crippen LogP contribution < -0.4 is 16.8 Å². The molecule has 0 heterocycles. The van der Waals surface area contributed by atoms with Crippen LogP contribution in [0, 0.1) is 5.41 Å². The molecule has 0 aromatic carbocycles. The Morgan fingerprint density at radius 1 is 1.38 bits per heavy atom. The molecule has 0 rings (SSSR count).